The number of pyridine rings is 2. The molecule has 0 aliphatic heterocycles. The Bertz CT molecular complexity index is 657. The van der Waals surface area contributed by atoms with Gasteiger partial charge in [0.05, 0.1) is 0 Å². The maximum Gasteiger partial charge on any atom is 2.00 e. The zero-order valence-electron chi connectivity index (χ0n) is 19.1. The van der Waals surface area contributed by atoms with Gasteiger partial charge in [-0.25, -0.2) is 0 Å². The predicted molar refractivity (Wildman–Crippen MR) is 119 cm³/mol. The second kappa shape index (κ2) is 32.0. The van der Waals surface area contributed by atoms with Gasteiger partial charge in [-0.15, -0.1) is 0 Å². The van der Waals surface area contributed by atoms with E-state index in [9.17, 15) is 10.2 Å². The molecule has 34 heavy (non-hydrogen) atoms. The van der Waals surface area contributed by atoms with Crippen molar-refractivity contribution in [1.82, 2.24) is 34.6 Å². The van der Waals surface area contributed by atoms with Crippen LogP contribution < -0.4 is 59.6 Å². The van der Waals surface area contributed by atoms with Crippen LogP contribution in [0.3, 0.4) is 0 Å². The molecule has 0 saturated heterocycles. The third kappa shape index (κ3) is 21.6. The van der Waals surface area contributed by atoms with Gasteiger partial charge in [-0.05, 0) is 60.0 Å². The Morgan fingerprint density at radius 3 is 1.12 bits per heavy atom. The number of nitrogens with zero attached hydrogens (tertiary/aromatic N) is 4. The largest absolute Gasteiger partial charge is 2.00 e. The van der Waals surface area contributed by atoms with Gasteiger partial charge in [-0.2, -0.15) is 0 Å². The van der Waals surface area contributed by atoms with Gasteiger partial charge in [0.15, 0.2) is 0 Å². The van der Waals surface area contributed by atoms with E-state index in [1.807, 2.05) is 0 Å². The van der Waals surface area contributed by atoms with E-state index in [0.717, 1.165) is 38.5 Å². The zero-order chi connectivity index (χ0) is 18.5. The maximum atomic E-state index is 11.8. The summed E-state index contributed by atoms with van der Waals surface area (Å²) in [4.78, 5) is 15.9. The Labute approximate surface area is 244 Å². The molecule has 12 N–H and O–H groups in total. The monoisotopic (exact) mass is 880 g/mol. The summed E-state index contributed by atoms with van der Waals surface area (Å²) in [5, 5.41) is 23.5. The summed E-state index contributed by atoms with van der Waals surface area (Å²) in [6.45, 7) is 1.13. The van der Waals surface area contributed by atoms with Gasteiger partial charge in [0, 0.05) is 37.9 Å². The Morgan fingerprint density at radius 1 is 0.559 bits per heavy atom. The average molecular weight is 882 g/mol. The molecule has 14 heteroatoms. The minimum atomic E-state index is -0.173. The van der Waals surface area contributed by atoms with Crippen molar-refractivity contribution < 1.29 is 77.2 Å². The van der Waals surface area contributed by atoms with Crippen LogP contribution in [-0.4, -0.2) is 34.9 Å². The summed E-state index contributed by atoms with van der Waals surface area (Å²) in [5.74, 6) is -0.347. The summed E-state index contributed by atoms with van der Waals surface area (Å²) in [5.41, 5.74) is 1.18. The zero-order valence-corrected chi connectivity index (χ0v) is 25.2. The smallest absolute Gasteiger partial charge is 1.00 e. The van der Waals surface area contributed by atoms with Crippen molar-refractivity contribution >= 4 is 11.8 Å². The first-order chi connectivity index (χ1) is 12.8. The normalized spacial score (nSPS) is 9.41. The van der Waals surface area contributed by atoms with Crippen LogP contribution >= 0.6 is 0 Å². The third-order valence-corrected chi connectivity index (χ3v) is 3.93. The average Bonchev–Trinajstić information content (AvgIpc) is 2.70. The number of halogens is 2. The molecule has 0 unspecified atom stereocenters. The van der Waals surface area contributed by atoms with E-state index < -0.39 is 0 Å². The molecule has 2 heterocycles. The molecule has 0 spiro atoms. The molecule has 2 aromatic heterocycles. The molecule has 0 aromatic carbocycles. The van der Waals surface area contributed by atoms with Crippen LogP contribution in [0.2, 0.25) is 0 Å². The van der Waals surface area contributed by atoms with Crippen LogP contribution in [0.4, 0.5) is 0 Å². The summed E-state index contributed by atoms with van der Waals surface area (Å²) < 4.78 is 0. The molecule has 10 nitrogen and oxygen atoms in total. The van der Waals surface area contributed by atoms with E-state index in [4.69, 9.17) is 0 Å². The number of rotatable bonds is 11. The first kappa shape index (κ1) is 50.0. The summed E-state index contributed by atoms with van der Waals surface area (Å²) in [6, 6.07) is 6.71. The quantitative estimate of drug-likeness (QED) is 0.0997. The molecule has 0 radical (unpaired) electrons. The van der Waals surface area contributed by atoms with Gasteiger partial charge in [-0.1, -0.05) is 25.7 Å². The van der Waals surface area contributed by atoms with E-state index in [2.05, 4.69) is 20.0 Å². The van der Waals surface area contributed by atoms with E-state index in [0.29, 0.717) is 24.2 Å². The van der Waals surface area contributed by atoms with E-state index >= 15 is 0 Å². The predicted octanol–water partition coefficient (Wildman–Crippen LogP) is -3.62. The van der Waals surface area contributed by atoms with Crippen LogP contribution in [0.5, 0.6) is 0 Å². The van der Waals surface area contributed by atoms with E-state index in [-0.39, 0.29) is 103 Å². The molecular weight excluding hydrogens is 845 g/mol. The van der Waals surface area contributed by atoms with Crippen molar-refractivity contribution in [2.24, 2.45) is 9.98 Å². The molecule has 0 fully saturated rings. The topological polar surface area (TPSA) is 237 Å². The Hall–Kier alpha value is -0.963. The van der Waals surface area contributed by atoms with Crippen LogP contribution in [0.15, 0.2) is 59.0 Å². The van der Waals surface area contributed by atoms with Gasteiger partial charge in [0.1, 0.15) is 0 Å². The van der Waals surface area contributed by atoms with Gasteiger partial charge in [0.2, 0.25) is 0 Å². The Balaban J connectivity index is -0.000000182. The summed E-state index contributed by atoms with van der Waals surface area (Å²) >= 11 is 0. The van der Waals surface area contributed by atoms with Gasteiger partial charge < -0.3 is 69.6 Å². The third-order valence-electron chi connectivity index (χ3n) is 3.93. The SMILES string of the molecule is N.N.N.N.[Cl-].[Cl-].[O-]C(=NCCCCCCCCN=C([O-])c1ccncc1)c1ccncc1.[Pt+2].[Pt+2]. The molecule has 0 amide bonds. The second-order valence-corrected chi connectivity index (χ2v) is 5.97. The number of aliphatic imine (C=N–C) groups is 2. The van der Waals surface area contributed by atoms with Crippen LogP contribution in [0.25, 0.3) is 0 Å². The van der Waals surface area contributed by atoms with Crippen molar-refractivity contribution in [3.05, 3.63) is 60.2 Å². The van der Waals surface area contributed by atoms with Gasteiger partial charge in [0.25, 0.3) is 0 Å². The number of hydrogen-bond donors (Lipinski definition) is 4. The molecule has 202 valence electrons. The van der Waals surface area contributed by atoms with Crippen LogP contribution in [0, 0.1) is 0 Å². The molecule has 0 bridgehead atoms. The molecule has 2 aromatic rings. The van der Waals surface area contributed by atoms with Crippen molar-refractivity contribution in [2.45, 2.75) is 38.5 Å². The molecule has 0 aliphatic carbocycles. The first-order valence-electron chi connectivity index (χ1n) is 9.01. The minimum Gasteiger partial charge on any atom is -1.00 e. The fourth-order valence-electron chi connectivity index (χ4n) is 2.46. The first-order valence-corrected chi connectivity index (χ1v) is 9.01. The molecule has 0 atom stereocenters. The van der Waals surface area contributed by atoms with E-state index in [1.165, 1.54) is 0 Å². The van der Waals surface area contributed by atoms with Crippen LogP contribution in [0.1, 0.15) is 49.7 Å². The molecule has 2 rings (SSSR count). The van der Waals surface area contributed by atoms with Crippen molar-refractivity contribution in [3.63, 3.8) is 0 Å². The second-order valence-electron chi connectivity index (χ2n) is 5.97. The molecule has 0 aliphatic rings. The van der Waals surface area contributed by atoms with E-state index in [1.54, 1.807) is 49.1 Å². The van der Waals surface area contributed by atoms with Gasteiger partial charge in [-0.3, -0.25) is 9.97 Å². The Morgan fingerprint density at radius 2 is 0.824 bits per heavy atom. The number of unbranched alkanes of at least 4 members (excludes halogenated alkanes) is 5. The van der Waals surface area contributed by atoms with Crippen molar-refractivity contribution in [1.29, 1.82) is 0 Å². The minimum absolute atomic E-state index is 0. The molecular formula is C20H36Cl2N8O2Pt2. The summed E-state index contributed by atoms with van der Waals surface area (Å²) in [6.07, 6.45) is 12.6. The fourth-order valence-corrected chi connectivity index (χ4v) is 2.46. The number of hydrogen-bond acceptors (Lipinski definition) is 10. The molecule has 0 saturated carbocycles. The fraction of sp³-hybridized carbons (Fsp3) is 0.400. The summed E-state index contributed by atoms with van der Waals surface area (Å²) in [7, 11) is 0. The Kier molecular flexibility index (Phi) is 47.1. The van der Waals surface area contributed by atoms with Gasteiger partial charge >= 0.3 is 42.1 Å². The number of aromatic nitrogens is 2. The maximum absolute atomic E-state index is 11.8. The van der Waals surface area contributed by atoms with Crippen molar-refractivity contribution in [3.8, 4) is 0 Å². The standard InChI is InChI=1S/C20H26N4O2.2ClH.4H3N.2Pt/c25-19(17-7-13-21-14-8-17)23-11-5-3-1-2-4-6-12-24-20(26)18-9-15-22-16-10-18;;;;;;;;/h7-10,13-16H,1-6,11-12H2,(H,23,25)(H,24,26);2*1H;4*1H3;;/q;;;;;;;2*+2/p-4. The van der Waals surface area contributed by atoms with Crippen LogP contribution in [-0.2, 0) is 42.1 Å². The van der Waals surface area contributed by atoms with Crippen molar-refractivity contribution in [2.75, 3.05) is 13.1 Å².